The first kappa shape index (κ1) is 18.6. The highest BCUT2D eigenvalue weighted by molar-refractivity contribution is 6.08. The van der Waals surface area contributed by atoms with E-state index in [-0.39, 0.29) is 5.75 Å². The van der Waals surface area contributed by atoms with Gasteiger partial charge < -0.3 is 14.2 Å². The van der Waals surface area contributed by atoms with Crippen molar-refractivity contribution in [3.63, 3.8) is 0 Å². The van der Waals surface area contributed by atoms with Gasteiger partial charge in [-0.05, 0) is 35.7 Å². The van der Waals surface area contributed by atoms with Crippen LogP contribution in [0.15, 0.2) is 36.4 Å². The van der Waals surface area contributed by atoms with Gasteiger partial charge in [-0.25, -0.2) is 4.98 Å². The van der Waals surface area contributed by atoms with Crippen LogP contribution in [0.3, 0.4) is 0 Å². The lowest BCUT2D eigenvalue weighted by molar-refractivity contribution is -0.274. The van der Waals surface area contributed by atoms with Crippen molar-refractivity contribution in [3.05, 3.63) is 36.4 Å². The van der Waals surface area contributed by atoms with Crippen LogP contribution in [0.2, 0.25) is 0 Å². The first-order chi connectivity index (χ1) is 11.9. The molecule has 134 valence electrons. The van der Waals surface area contributed by atoms with Gasteiger partial charge in [0.25, 0.3) is 0 Å². The van der Waals surface area contributed by atoms with Gasteiger partial charge >= 0.3 is 6.36 Å². The van der Waals surface area contributed by atoms with Gasteiger partial charge in [-0.3, -0.25) is 0 Å². The van der Waals surface area contributed by atoms with Crippen LogP contribution in [0.25, 0.3) is 21.7 Å². The van der Waals surface area contributed by atoms with Gasteiger partial charge in [-0.2, -0.15) is 0 Å². The summed E-state index contributed by atoms with van der Waals surface area (Å²) in [6.07, 6.45) is -4.75. The van der Waals surface area contributed by atoms with E-state index in [1.807, 2.05) is 19.9 Å². The molecule has 0 unspecified atom stereocenters. The molecule has 0 fully saturated rings. The Hall–Kier alpha value is -2.70. The quantitative estimate of drug-likeness (QED) is 0.597. The Kier molecular flexibility index (Phi) is 5.56. The summed E-state index contributed by atoms with van der Waals surface area (Å²) in [7, 11) is 2.99. The Labute approximate surface area is 143 Å². The average molecular weight is 353 g/mol. The predicted molar refractivity (Wildman–Crippen MR) is 90.4 cm³/mol. The molecule has 0 bridgehead atoms. The van der Waals surface area contributed by atoms with Gasteiger partial charge in [0.05, 0.1) is 19.7 Å². The van der Waals surface area contributed by atoms with E-state index >= 15 is 0 Å². The molecule has 3 aromatic rings. The molecule has 0 atom stereocenters. The monoisotopic (exact) mass is 353 g/mol. The summed E-state index contributed by atoms with van der Waals surface area (Å²) in [5, 5.41) is 2.20. The lowest BCUT2D eigenvalue weighted by Gasteiger charge is -2.12. The summed E-state index contributed by atoms with van der Waals surface area (Å²) in [4.78, 5) is 4.26. The zero-order chi connectivity index (χ0) is 18.6. The third-order valence-electron chi connectivity index (χ3n) is 3.37. The molecule has 7 heteroatoms. The lowest BCUT2D eigenvalue weighted by Crippen LogP contribution is -2.17. The van der Waals surface area contributed by atoms with Gasteiger partial charge in [-0.1, -0.05) is 13.8 Å². The number of hydrogen-bond donors (Lipinski definition) is 0. The first-order valence-electron chi connectivity index (χ1n) is 7.62. The number of benzene rings is 2. The molecule has 0 aliphatic carbocycles. The molecule has 1 aromatic heterocycles. The molecule has 0 radical (unpaired) electrons. The molecule has 0 aliphatic heterocycles. The van der Waals surface area contributed by atoms with Gasteiger partial charge in [0.1, 0.15) is 11.5 Å². The van der Waals surface area contributed by atoms with Crippen molar-refractivity contribution < 1.29 is 27.4 Å². The molecule has 0 spiro atoms. The van der Waals surface area contributed by atoms with E-state index in [9.17, 15) is 13.2 Å². The molecule has 2 aromatic carbocycles. The number of fused-ring (bicyclic) bond motifs is 3. The molecule has 1 heterocycles. The highest BCUT2D eigenvalue weighted by Crippen LogP contribution is 2.35. The van der Waals surface area contributed by atoms with Crippen LogP contribution in [0.5, 0.6) is 17.4 Å². The Bertz CT molecular complexity index is 879. The summed E-state index contributed by atoms with van der Waals surface area (Å²) in [5.74, 6) is 0.608. The number of pyridine rings is 1. The SMILES string of the molecule is CC.COc1ccc2c(c1)c(OC)nc1cc(OC(F)(F)F)ccc12. The smallest absolute Gasteiger partial charge is 0.497 e. The van der Waals surface area contributed by atoms with E-state index in [1.54, 1.807) is 19.2 Å². The van der Waals surface area contributed by atoms with Crippen molar-refractivity contribution in [2.45, 2.75) is 20.2 Å². The minimum atomic E-state index is -4.75. The summed E-state index contributed by atoms with van der Waals surface area (Å²) >= 11 is 0. The van der Waals surface area contributed by atoms with E-state index in [4.69, 9.17) is 9.47 Å². The standard InChI is InChI=1S/C16H12F3NO3.C2H6/c1-21-9-3-5-11-12-6-4-10(23-16(17,18)19)8-14(12)20-15(22-2)13(11)7-9;1-2/h3-8H,1-2H3;1-2H3. The van der Waals surface area contributed by atoms with E-state index < -0.39 is 6.36 Å². The fourth-order valence-corrected chi connectivity index (χ4v) is 2.42. The number of methoxy groups -OCH3 is 2. The van der Waals surface area contributed by atoms with E-state index in [2.05, 4.69) is 9.72 Å². The van der Waals surface area contributed by atoms with Crippen molar-refractivity contribution in [1.82, 2.24) is 4.98 Å². The molecule has 0 aliphatic rings. The highest BCUT2D eigenvalue weighted by atomic mass is 19.4. The summed E-state index contributed by atoms with van der Waals surface area (Å²) in [6.45, 7) is 4.00. The number of nitrogens with zero attached hydrogens (tertiary/aromatic N) is 1. The maximum Gasteiger partial charge on any atom is 0.573 e. The van der Waals surface area contributed by atoms with Crippen LogP contribution in [0.1, 0.15) is 13.8 Å². The number of rotatable bonds is 3. The molecule has 0 N–H and O–H groups in total. The predicted octanol–water partition coefficient (Wildman–Crippen LogP) is 5.33. The number of alkyl halides is 3. The van der Waals surface area contributed by atoms with Crippen LogP contribution < -0.4 is 14.2 Å². The molecule has 0 saturated heterocycles. The topological polar surface area (TPSA) is 40.6 Å². The Morgan fingerprint density at radius 1 is 0.800 bits per heavy atom. The van der Waals surface area contributed by atoms with Crippen LogP contribution in [0.4, 0.5) is 13.2 Å². The van der Waals surface area contributed by atoms with Crippen LogP contribution in [0, 0.1) is 0 Å². The second-order valence-electron chi connectivity index (χ2n) is 4.76. The second-order valence-corrected chi connectivity index (χ2v) is 4.76. The fraction of sp³-hybridized carbons (Fsp3) is 0.278. The summed E-state index contributed by atoms with van der Waals surface area (Å²) < 4.78 is 51.4. The number of ether oxygens (including phenoxy) is 3. The molecular formula is C18H18F3NO3. The average Bonchev–Trinajstić information content (AvgIpc) is 2.60. The molecule has 0 saturated carbocycles. The largest absolute Gasteiger partial charge is 0.573 e. The zero-order valence-corrected chi connectivity index (χ0v) is 14.3. The van der Waals surface area contributed by atoms with E-state index in [0.717, 1.165) is 5.39 Å². The van der Waals surface area contributed by atoms with Crippen molar-refractivity contribution in [1.29, 1.82) is 0 Å². The van der Waals surface area contributed by atoms with Gasteiger partial charge in [0.15, 0.2) is 0 Å². The maximum atomic E-state index is 12.3. The third kappa shape index (κ3) is 4.04. The Morgan fingerprint density at radius 2 is 1.44 bits per heavy atom. The maximum absolute atomic E-state index is 12.3. The fourth-order valence-electron chi connectivity index (χ4n) is 2.42. The third-order valence-corrected chi connectivity index (χ3v) is 3.37. The first-order valence-corrected chi connectivity index (χ1v) is 7.62. The normalized spacial score (nSPS) is 11.0. The van der Waals surface area contributed by atoms with E-state index in [1.165, 1.54) is 25.3 Å². The summed E-state index contributed by atoms with van der Waals surface area (Å²) in [5.41, 5.74) is 0.348. The number of halogens is 3. The Balaban J connectivity index is 0.00000109. The molecule has 3 rings (SSSR count). The number of hydrogen-bond acceptors (Lipinski definition) is 4. The minimum Gasteiger partial charge on any atom is -0.497 e. The van der Waals surface area contributed by atoms with Gasteiger partial charge in [0, 0.05) is 16.8 Å². The van der Waals surface area contributed by atoms with Crippen LogP contribution in [-0.4, -0.2) is 25.6 Å². The van der Waals surface area contributed by atoms with E-state index in [0.29, 0.717) is 27.9 Å². The lowest BCUT2D eigenvalue weighted by atomic mass is 10.1. The van der Waals surface area contributed by atoms with Crippen molar-refractivity contribution in [3.8, 4) is 17.4 Å². The molecule has 25 heavy (non-hydrogen) atoms. The molecular weight excluding hydrogens is 335 g/mol. The highest BCUT2D eigenvalue weighted by Gasteiger charge is 2.31. The van der Waals surface area contributed by atoms with Crippen molar-refractivity contribution in [2.75, 3.05) is 14.2 Å². The van der Waals surface area contributed by atoms with Gasteiger partial charge in [0.2, 0.25) is 5.88 Å². The number of aromatic nitrogens is 1. The Morgan fingerprint density at radius 3 is 2.04 bits per heavy atom. The second kappa shape index (κ2) is 7.46. The molecule has 4 nitrogen and oxygen atoms in total. The van der Waals surface area contributed by atoms with Crippen LogP contribution >= 0.6 is 0 Å². The van der Waals surface area contributed by atoms with Gasteiger partial charge in [-0.15, -0.1) is 13.2 Å². The summed E-state index contributed by atoms with van der Waals surface area (Å²) in [6, 6.07) is 9.37. The zero-order valence-electron chi connectivity index (χ0n) is 14.3. The molecule has 0 amide bonds. The van der Waals surface area contributed by atoms with Crippen LogP contribution in [-0.2, 0) is 0 Å². The van der Waals surface area contributed by atoms with Crippen molar-refractivity contribution in [2.24, 2.45) is 0 Å². The van der Waals surface area contributed by atoms with Crippen molar-refractivity contribution >= 4 is 21.7 Å². The minimum absolute atomic E-state index is 0.301.